The molecule has 0 radical (unpaired) electrons. The molecule has 28 heavy (non-hydrogen) atoms. The lowest BCUT2D eigenvalue weighted by atomic mass is 9.90. The zero-order valence-corrected chi connectivity index (χ0v) is 16.9. The summed E-state index contributed by atoms with van der Waals surface area (Å²) in [5.74, 6) is -0.0502. The van der Waals surface area contributed by atoms with E-state index < -0.39 is 6.10 Å². The van der Waals surface area contributed by atoms with Gasteiger partial charge in [0.25, 0.3) is 0 Å². The van der Waals surface area contributed by atoms with Gasteiger partial charge in [0, 0.05) is 6.42 Å². The maximum absolute atomic E-state index is 12.3. The smallest absolute Gasteiger partial charge is 0.167 e. The van der Waals surface area contributed by atoms with E-state index >= 15 is 0 Å². The summed E-state index contributed by atoms with van der Waals surface area (Å²) in [7, 11) is 5.96. The Morgan fingerprint density at radius 2 is 1.50 bits per heavy atom. The number of nitrogens with zero attached hydrogens (tertiary/aromatic N) is 1. The lowest BCUT2D eigenvalue weighted by Gasteiger charge is -2.26. The molecule has 1 unspecified atom stereocenters. The molecule has 0 aliphatic carbocycles. The van der Waals surface area contributed by atoms with E-state index in [9.17, 15) is 9.90 Å². The molecule has 0 aliphatic rings. The quantitative estimate of drug-likeness (QED) is 0.381. The summed E-state index contributed by atoms with van der Waals surface area (Å²) in [5.41, 5.74) is 1.28. The number of aliphatic hydroxyl groups is 1. The van der Waals surface area contributed by atoms with Crippen molar-refractivity contribution in [1.82, 2.24) is 0 Å². The number of carbonyl (C=O) groups excluding carboxylic acids is 1. The van der Waals surface area contributed by atoms with Gasteiger partial charge in [-0.1, -0.05) is 54.6 Å². The largest absolute Gasteiger partial charge is 0.380 e. The standard InChI is InChI=1S/C25H28NO2/c1-26(2,3)16-23(28)22(27)9-5-6-17-10-11-20-13-12-18-7-4-8-19-14-15-21(17)25(20)24(18)19/h4,7-8,10-15,23,28H,5-6,9,16H2,1-3H3/q+1. The highest BCUT2D eigenvalue weighted by Crippen LogP contribution is 2.36. The second kappa shape index (κ2) is 7.16. The van der Waals surface area contributed by atoms with Gasteiger partial charge in [-0.25, -0.2) is 0 Å². The van der Waals surface area contributed by atoms with Crippen LogP contribution in [0.15, 0.2) is 54.6 Å². The highest BCUT2D eigenvalue weighted by atomic mass is 16.3. The Labute approximate surface area is 166 Å². The minimum Gasteiger partial charge on any atom is -0.380 e. The van der Waals surface area contributed by atoms with E-state index in [0.717, 1.165) is 12.8 Å². The normalized spacial score (nSPS) is 13.6. The molecule has 4 aromatic rings. The average molecular weight is 375 g/mol. The third-order valence-electron chi connectivity index (χ3n) is 5.58. The highest BCUT2D eigenvalue weighted by molar-refractivity contribution is 6.23. The zero-order valence-electron chi connectivity index (χ0n) is 16.9. The number of benzene rings is 4. The van der Waals surface area contributed by atoms with E-state index in [1.807, 2.05) is 21.1 Å². The molecule has 0 fully saturated rings. The Morgan fingerprint density at radius 1 is 0.893 bits per heavy atom. The Kier molecular flexibility index (Phi) is 4.82. The molecule has 0 saturated heterocycles. The fourth-order valence-electron chi connectivity index (χ4n) is 4.25. The topological polar surface area (TPSA) is 37.3 Å². The van der Waals surface area contributed by atoms with Gasteiger partial charge in [-0.05, 0) is 50.7 Å². The van der Waals surface area contributed by atoms with E-state index in [2.05, 4.69) is 54.6 Å². The van der Waals surface area contributed by atoms with E-state index in [-0.39, 0.29) is 5.78 Å². The predicted molar refractivity (Wildman–Crippen MR) is 117 cm³/mol. The minimum atomic E-state index is -0.874. The van der Waals surface area contributed by atoms with Crippen molar-refractivity contribution in [1.29, 1.82) is 0 Å². The van der Waals surface area contributed by atoms with Crippen LogP contribution in [-0.2, 0) is 11.2 Å². The van der Waals surface area contributed by atoms with Crippen molar-refractivity contribution in [3.05, 3.63) is 60.2 Å². The first-order valence-electron chi connectivity index (χ1n) is 10.0. The van der Waals surface area contributed by atoms with Crippen LogP contribution in [0.5, 0.6) is 0 Å². The molecule has 0 aliphatic heterocycles. The monoisotopic (exact) mass is 374 g/mol. The summed E-state index contributed by atoms with van der Waals surface area (Å²) >= 11 is 0. The fraction of sp³-hybridized carbons (Fsp3) is 0.320. The minimum absolute atomic E-state index is 0.0502. The summed E-state index contributed by atoms with van der Waals surface area (Å²) in [6.45, 7) is 0.456. The van der Waals surface area contributed by atoms with Crippen LogP contribution in [0.1, 0.15) is 18.4 Å². The van der Waals surface area contributed by atoms with Crippen LogP contribution in [0.4, 0.5) is 0 Å². The van der Waals surface area contributed by atoms with Crippen LogP contribution in [-0.4, -0.2) is 49.2 Å². The van der Waals surface area contributed by atoms with Gasteiger partial charge in [-0.2, -0.15) is 0 Å². The van der Waals surface area contributed by atoms with Crippen molar-refractivity contribution in [2.45, 2.75) is 25.4 Å². The number of aliphatic hydroxyl groups excluding tert-OH is 1. The first kappa shape index (κ1) is 18.9. The zero-order chi connectivity index (χ0) is 19.9. The van der Waals surface area contributed by atoms with Crippen molar-refractivity contribution in [3.8, 4) is 0 Å². The summed E-state index contributed by atoms with van der Waals surface area (Å²) in [4.78, 5) is 12.3. The predicted octanol–water partition coefficient (Wildman–Crippen LogP) is 4.54. The summed E-state index contributed by atoms with van der Waals surface area (Å²) < 4.78 is 0.585. The second-order valence-electron chi connectivity index (χ2n) is 8.89. The van der Waals surface area contributed by atoms with Crippen molar-refractivity contribution < 1.29 is 14.4 Å². The summed E-state index contributed by atoms with van der Waals surface area (Å²) in [6, 6.07) is 19.6. The van der Waals surface area contributed by atoms with Crippen LogP contribution in [0.2, 0.25) is 0 Å². The molecule has 4 rings (SSSR count). The summed E-state index contributed by atoms with van der Waals surface area (Å²) in [5, 5.41) is 17.9. The molecule has 0 heterocycles. The lowest BCUT2D eigenvalue weighted by molar-refractivity contribution is -0.872. The Morgan fingerprint density at radius 3 is 2.18 bits per heavy atom. The van der Waals surface area contributed by atoms with Gasteiger partial charge in [0.15, 0.2) is 11.9 Å². The Balaban J connectivity index is 1.57. The number of quaternary nitrogens is 1. The number of likely N-dealkylation sites (N-methyl/N-ethyl adjacent to an activating group) is 1. The maximum Gasteiger partial charge on any atom is 0.167 e. The van der Waals surface area contributed by atoms with Gasteiger partial charge < -0.3 is 9.59 Å². The number of rotatable bonds is 7. The van der Waals surface area contributed by atoms with Crippen molar-refractivity contribution >= 4 is 38.1 Å². The van der Waals surface area contributed by atoms with Gasteiger partial charge in [0.05, 0.1) is 21.1 Å². The number of hydrogen-bond donors (Lipinski definition) is 1. The molecule has 0 aromatic heterocycles. The summed E-state index contributed by atoms with van der Waals surface area (Å²) in [6.07, 6.45) is 1.15. The molecule has 144 valence electrons. The van der Waals surface area contributed by atoms with Gasteiger partial charge in [-0.3, -0.25) is 4.79 Å². The Hall–Kier alpha value is -2.49. The molecule has 0 bridgehead atoms. The van der Waals surface area contributed by atoms with Gasteiger partial charge in [-0.15, -0.1) is 0 Å². The van der Waals surface area contributed by atoms with Crippen LogP contribution >= 0.6 is 0 Å². The van der Waals surface area contributed by atoms with Gasteiger partial charge >= 0.3 is 0 Å². The third kappa shape index (κ3) is 3.60. The second-order valence-corrected chi connectivity index (χ2v) is 8.89. The lowest BCUT2D eigenvalue weighted by Crippen LogP contribution is -2.44. The maximum atomic E-state index is 12.3. The SMILES string of the molecule is C[N+](C)(C)CC(O)C(=O)CCCc1ccc2ccc3cccc4ccc1c2c34. The number of ketones is 1. The molecule has 3 heteroatoms. The van der Waals surface area contributed by atoms with Crippen LogP contribution in [0.3, 0.4) is 0 Å². The van der Waals surface area contributed by atoms with Crippen LogP contribution in [0.25, 0.3) is 32.3 Å². The third-order valence-corrected chi connectivity index (χ3v) is 5.58. The van der Waals surface area contributed by atoms with E-state index in [1.165, 1.54) is 37.9 Å². The van der Waals surface area contributed by atoms with Crippen molar-refractivity contribution in [2.24, 2.45) is 0 Å². The number of hydrogen-bond acceptors (Lipinski definition) is 2. The number of carbonyl (C=O) groups is 1. The van der Waals surface area contributed by atoms with Gasteiger partial charge in [0.1, 0.15) is 6.54 Å². The van der Waals surface area contributed by atoms with E-state index in [0.29, 0.717) is 17.4 Å². The molecule has 0 amide bonds. The number of aryl methyl sites for hydroxylation is 1. The molecule has 3 nitrogen and oxygen atoms in total. The molecule has 4 aromatic carbocycles. The van der Waals surface area contributed by atoms with E-state index in [4.69, 9.17) is 0 Å². The van der Waals surface area contributed by atoms with Crippen molar-refractivity contribution in [2.75, 3.05) is 27.7 Å². The number of Topliss-reactive ketones (excluding diaryl/α,β-unsaturated/α-hetero) is 1. The van der Waals surface area contributed by atoms with Crippen LogP contribution < -0.4 is 0 Å². The Bertz CT molecular complexity index is 1120. The molecule has 0 saturated carbocycles. The first-order chi connectivity index (χ1) is 13.3. The molecule has 0 spiro atoms. The molecular weight excluding hydrogens is 346 g/mol. The first-order valence-corrected chi connectivity index (χ1v) is 10.0. The molecule has 1 atom stereocenters. The van der Waals surface area contributed by atoms with Crippen LogP contribution in [0, 0.1) is 0 Å². The average Bonchev–Trinajstić information content (AvgIpc) is 2.65. The highest BCUT2D eigenvalue weighted by Gasteiger charge is 2.22. The molecular formula is C25H28NO2+. The van der Waals surface area contributed by atoms with Gasteiger partial charge in [0.2, 0.25) is 0 Å². The van der Waals surface area contributed by atoms with Crippen molar-refractivity contribution in [3.63, 3.8) is 0 Å². The fourth-order valence-corrected chi connectivity index (χ4v) is 4.25. The molecule has 1 N–H and O–H groups in total. The van der Waals surface area contributed by atoms with E-state index in [1.54, 1.807) is 0 Å².